The van der Waals surface area contributed by atoms with Crippen molar-refractivity contribution in [2.45, 2.75) is 63.1 Å². The van der Waals surface area contributed by atoms with Gasteiger partial charge in [-0.1, -0.05) is 19.3 Å². The van der Waals surface area contributed by atoms with E-state index in [4.69, 9.17) is 0 Å². The summed E-state index contributed by atoms with van der Waals surface area (Å²) in [5, 5.41) is 25.6. The average molecular weight is 384 g/mol. The van der Waals surface area contributed by atoms with E-state index in [1.54, 1.807) is 0 Å². The number of carbonyl (C=O) groups excluding carboxylic acids is 1. The van der Waals surface area contributed by atoms with Crippen LogP contribution in [0.3, 0.4) is 0 Å². The third-order valence-electron chi connectivity index (χ3n) is 5.00. The molecule has 0 spiro atoms. The van der Waals surface area contributed by atoms with Crippen LogP contribution >= 0.6 is 0 Å². The van der Waals surface area contributed by atoms with E-state index in [0.717, 1.165) is 37.5 Å². The van der Waals surface area contributed by atoms with Crippen LogP contribution in [0.15, 0.2) is 18.2 Å². The molecular weight excluding hydrogens is 358 g/mol. The number of hydrogen-bond donors (Lipinski definition) is 4. The van der Waals surface area contributed by atoms with Crippen molar-refractivity contribution in [3.05, 3.63) is 35.4 Å². The lowest BCUT2D eigenvalue weighted by atomic mass is 9.81. The minimum atomic E-state index is -1.13. The second-order valence-corrected chi connectivity index (χ2v) is 7.19. The van der Waals surface area contributed by atoms with Crippen molar-refractivity contribution in [3.8, 4) is 0 Å². The number of aliphatic hydroxyl groups excluding tert-OH is 1. The van der Waals surface area contributed by atoms with Gasteiger partial charge in [0, 0.05) is 19.5 Å². The molecule has 0 radical (unpaired) electrons. The van der Waals surface area contributed by atoms with E-state index in [1.165, 1.54) is 6.92 Å². The van der Waals surface area contributed by atoms with Gasteiger partial charge in [0.1, 0.15) is 17.2 Å². The molecule has 0 bridgehead atoms. The summed E-state index contributed by atoms with van der Waals surface area (Å²) in [6.45, 7) is 1.22. The number of carboxylic acid groups (broad SMARTS) is 1. The number of halogens is 2. The molecule has 1 amide bonds. The van der Waals surface area contributed by atoms with Gasteiger partial charge in [-0.3, -0.25) is 14.9 Å². The molecule has 6 nitrogen and oxygen atoms in total. The number of carboxylic acids is 1. The maximum atomic E-state index is 13.4. The quantitative estimate of drug-likeness (QED) is 0.547. The lowest BCUT2D eigenvalue weighted by molar-refractivity contribution is -0.146. The molecule has 1 aliphatic rings. The number of benzene rings is 1. The smallest absolute Gasteiger partial charge is 0.323 e. The highest BCUT2D eigenvalue weighted by Gasteiger charge is 2.39. The van der Waals surface area contributed by atoms with Crippen LogP contribution in [0, 0.1) is 11.6 Å². The second-order valence-electron chi connectivity index (χ2n) is 7.19. The van der Waals surface area contributed by atoms with Crippen LogP contribution in [0.1, 0.15) is 44.6 Å². The van der Waals surface area contributed by atoms with E-state index in [0.29, 0.717) is 12.8 Å². The maximum Gasteiger partial charge on any atom is 0.323 e. The Kier molecular flexibility index (Phi) is 7.26. The third-order valence-corrected chi connectivity index (χ3v) is 5.00. The van der Waals surface area contributed by atoms with E-state index in [9.17, 15) is 28.6 Å². The summed E-state index contributed by atoms with van der Waals surface area (Å²) < 4.78 is 26.8. The molecule has 0 aromatic heterocycles. The predicted molar refractivity (Wildman–Crippen MR) is 95.1 cm³/mol. The third kappa shape index (κ3) is 5.97. The largest absolute Gasteiger partial charge is 0.480 e. The Bertz CT molecular complexity index is 657. The zero-order chi connectivity index (χ0) is 20.0. The molecule has 27 heavy (non-hydrogen) atoms. The van der Waals surface area contributed by atoms with Crippen molar-refractivity contribution in [2.24, 2.45) is 0 Å². The molecule has 4 N–H and O–H groups in total. The minimum Gasteiger partial charge on any atom is -0.480 e. The zero-order valence-electron chi connectivity index (χ0n) is 15.3. The number of aliphatic carboxylic acids is 1. The first-order valence-corrected chi connectivity index (χ1v) is 9.10. The van der Waals surface area contributed by atoms with E-state index < -0.39 is 41.2 Å². The van der Waals surface area contributed by atoms with Gasteiger partial charge in [0.25, 0.3) is 0 Å². The number of carbonyl (C=O) groups is 2. The van der Waals surface area contributed by atoms with Crippen LogP contribution in [-0.2, 0) is 16.0 Å². The van der Waals surface area contributed by atoms with Crippen LogP contribution in [0.4, 0.5) is 8.78 Å². The van der Waals surface area contributed by atoms with Crippen LogP contribution in [0.25, 0.3) is 0 Å². The van der Waals surface area contributed by atoms with Gasteiger partial charge in [-0.2, -0.15) is 0 Å². The van der Waals surface area contributed by atoms with Crippen molar-refractivity contribution in [3.63, 3.8) is 0 Å². The Morgan fingerprint density at radius 1 is 1.15 bits per heavy atom. The molecular formula is C19H26F2N2O4. The zero-order valence-corrected chi connectivity index (χ0v) is 15.3. The summed E-state index contributed by atoms with van der Waals surface area (Å²) >= 11 is 0. The van der Waals surface area contributed by atoms with Gasteiger partial charge >= 0.3 is 5.97 Å². The summed E-state index contributed by atoms with van der Waals surface area (Å²) in [6.07, 6.45) is 2.36. The first-order valence-electron chi connectivity index (χ1n) is 9.10. The standard InChI is InChI=1S/C19H26F2N2O4/c1-12(24)23-16(9-13-7-14(20)10-15(21)8-13)17(25)11-22-19(18(26)27)5-3-2-4-6-19/h7-8,10,16-17,22,25H,2-6,9,11H2,1H3,(H,23,24)(H,26,27)/t16-,17+/m0/s1. The fraction of sp³-hybridized carbons (Fsp3) is 0.579. The molecule has 0 aliphatic heterocycles. The highest BCUT2D eigenvalue weighted by atomic mass is 19.1. The average Bonchev–Trinajstić information content (AvgIpc) is 2.58. The first-order chi connectivity index (χ1) is 12.7. The fourth-order valence-corrected chi connectivity index (χ4v) is 3.59. The molecule has 0 unspecified atom stereocenters. The summed E-state index contributed by atoms with van der Waals surface area (Å²) in [5.74, 6) is -2.85. The Balaban J connectivity index is 2.08. The number of rotatable bonds is 8. The molecule has 150 valence electrons. The van der Waals surface area contributed by atoms with E-state index in [2.05, 4.69) is 10.6 Å². The molecule has 1 saturated carbocycles. The molecule has 2 atom stereocenters. The molecule has 1 aliphatic carbocycles. The van der Waals surface area contributed by atoms with Gasteiger partial charge in [-0.15, -0.1) is 0 Å². The summed E-state index contributed by atoms with van der Waals surface area (Å²) in [7, 11) is 0. The Morgan fingerprint density at radius 2 is 1.74 bits per heavy atom. The normalized spacial score (nSPS) is 18.5. The predicted octanol–water partition coefficient (Wildman–Crippen LogP) is 1.75. The summed E-state index contributed by atoms with van der Waals surface area (Å²) in [6, 6.07) is 2.20. The van der Waals surface area contributed by atoms with Crippen LogP contribution in [-0.4, -0.2) is 46.3 Å². The van der Waals surface area contributed by atoms with Gasteiger partial charge in [-0.25, -0.2) is 8.78 Å². The fourth-order valence-electron chi connectivity index (χ4n) is 3.59. The van der Waals surface area contributed by atoms with Crippen molar-refractivity contribution >= 4 is 11.9 Å². The van der Waals surface area contributed by atoms with Gasteiger partial charge in [0.15, 0.2) is 0 Å². The highest BCUT2D eigenvalue weighted by Crippen LogP contribution is 2.28. The van der Waals surface area contributed by atoms with Gasteiger partial charge in [-0.05, 0) is 37.0 Å². The topological polar surface area (TPSA) is 98.7 Å². The first kappa shape index (κ1) is 21.2. The summed E-state index contributed by atoms with van der Waals surface area (Å²) in [5.41, 5.74) is -0.804. The molecule has 1 fully saturated rings. The van der Waals surface area contributed by atoms with Crippen molar-refractivity contribution in [2.75, 3.05) is 6.54 Å². The number of amides is 1. The SMILES string of the molecule is CC(=O)N[C@@H](Cc1cc(F)cc(F)c1)[C@H](O)CNC1(C(=O)O)CCCCC1. The molecule has 1 aromatic carbocycles. The number of aliphatic hydroxyl groups is 1. The minimum absolute atomic E-state index is 0.0111. The van der Waals surface area contributed by atoms with Crippen LogP contribution in [0.5, 0.6) is 0 Å². The molecule has 0 heterocycles. The molecule has 8 heteroatoms. The molecule has 2 rings (SSSR count). The van der Waals surface area contributed by atoms with Gasteiger partial charge < -0.3 is 15.5 Å². The van der Waals surface area contributed by atoms with E-state index in [-0.39, 0.29) is 18.5 Å². The second kappa shape index (κ2) is 9.23. The maximum absolute atomic E-state index is 13.4. The van der Waals surface area contributed by atoms with Crippen molar-refractivity contribution < 1.29 is 28.6 Å². The molecule has 0 saturated heterocycles. The Labute approximate surface area is 157 Å². The highest BCUT2D eigenvalue weighted by molar-refractivity contribution is 5.79. The van der Waals surface area contributed by atoms with Crippen molar-refractivity contribution in [1.82, 2.24) is 10.6 Å². The van der Waals surface area contributed by atoms with Gasteiger partial charge in [0.05, 0.1) is 12.1 Å². The van der Waals surface area contributed by atoms with E-state index >= 15 is 0 Å². The number of nitrogens with one attached hydrogen (secondary N) is 2. The van der Waals surface area contributed by atoms with Crippen LogP contribution < -0.4 is 10.6 Å². The summed E-state index contributed by atoms with van der Waals surface area (Å²) in [4.78, 5) is 23.2. The van der Waals surface area contributed by atoms with Crippen molar-refractivity contribution in [1.29, 1.82) is 0 Å². The number of hydrogen-bond acceptors (Lipinski definition) is 4. The lowest BCUT2D eigenvalue weighted by Crippen LogP contribution is -2.58. The number of β-amino-alcohol motifs (C(OH)–C–C–N with tert-alkyl or cyclic N) is 1. The monoisotopic (exact) mass is 384 g/mol. The Hall–Kier alpha value is -2.06. The van der Waals surface area contributed by atoms with Crippen LogP contribution in [0.2, 0.25) is 0 Å². The Morgan fingerprint density at radius 3 is 2.26 bits per heavy atom. The molecule has 1 aromatic rings. The van der Waals surface area contributed by atoms with Gasteiger partial charge in [0.2, 0.25) is 5.91 Å². The lowest BCUT2D eigenvalue weighted by Gasteiger charge is -2.36. The van der Waals surface area contributed by atoms with E-state index in [1.807, 2.05) is 0 Å².